The molecule has 0 radical (unpaired) electrons. The topological polar surface area (TPSA) is 0 Å². The van der Waals surface area contributed by atoms with Crippen molar-refractivity contribution in [1.29, 1.82) is 0 Å². The van der Waals surface area contributed by atoms with Crippen LogP contribution >= 0.6 is 23.2 Å². The van der Waals surface area contributed by atoms with Gasteiger partial charge < -0.3 is 0 Å². The predicted molar refractivity (Wildman–Crippen MR) is 76.3 cm³/mol. The maximum atomic E-state index is 14.3. The van der Waals surface area contributed by atoms with Gasteiger partial charge in [-0.05, 0) is 48.7 Å². The predicted octanol–water partition coefficient (Wildman–Crippen LogP) is 6.44. The molecule has 0 aliphatic rings. The molecule has 6 heteroatoms. The van der Waals surface area contributed by atoms with Gasteiger partial charge in [-0.2, -0.15) is 13.2 Å². The van der Waals surface area contributed by atoms with Gasteiger partial charge in [0.2, 0.25) is 0 Å². The summed E-state index contributed by atoms with van der Waals surface area (Å²) in [7, 11) is 0. The average Bonchev–Trinajstić information content (AvgIpc) is 2.36. The number of halogens is 6. The van der Waals surface area contributed by atoms with Crippen molar-refractivity contribution in [2.24, 2.45) is 0 Å². The molecule has 0 saturated carbocycles. The molecule has 0 aliphatic carbocycles. The normalized spacial score (nSPS) is 11.8. The summed E-state index contributed by atoms with van der Waals surface area (Å²) in [6.45, 7) is 2.78. The lowest BCUT2D eigenvalue weighted by Gasteiger charge is -2.17. The summed E-state index contributed by atoms with van der Waals surface area (Å²) in [5.74, 6) is -0.652. The first-order valence-corrected chi connectivity index (χ1v) is 6.71. The first-order valence-electron chi connectivity index (χ1n) is 5.95. The minimum Gasteiger partial charge on any atom is -0.206 e. The summed E-state index contributed by atoms with van der Waals surface area (Å²) < 4.78 is 53.3. The molecule has 0 atom stereocenters. The van der Waals surface area contributed by atoms with E-state index in [9.17, 15) is 17.6 Å². The highest BCUT2D eigenvalue weighted by Gasteiger charge is 2.34. The molecule has 2 rings (SSSR count). The van der Waals surface area contributed by atoms with Gasteiger partial charge in [-0.3, -0.25) is 0 Å². The molecule has 0 nitrogen and oxygen atoms in total. The smallest absolute Gasteiger partial charge is 0.206 e. The van der Waals surface area contributed by atoms with E-state index in [0.29, 0.717) is 5.56 Å². The highest BCUT2D eigenvalue weighted by molar-refractivity contribution is 6.34. The van der Waals surface area contributed by atoms with Crippen molar-refractivity contribution in [1.82, 2.24) is 0 Å². The van der Waals surface area contributed by atoms with Gasteiger partial charge in [0.05, 0.1) is 10.6 Å². The Kier molecular flexibility index (Phi) is 4.22. The molecule has 0 unspecified atom stereocenters. The molecular weight excluding hydrogens is 327 g/mol. The van der Waals surface area contributed by atoms with Crippen molar-refractivity contribution in [3.63, 3.8) is 0 Å². The molecule has 0 aliphatic heterocycles. The van der Waals surface area contributed by atoms with Crippen molar-refractivity contribution in [3.8, 4) is 11.1 Å². The molecule has 2 aromatic rings. The minimum atomic E-state index is -4.57. The highest BCUT2D eigenvalue weighted by atomic mass is 35.5. The van der Waals surface area contributed by atoms with E-state index in [4.69, 9.17) is 23.2 Å². The van der Waals surface area contributed by atoms with Gasteiger partial charge in [-0.25, -0.2) is 4.39 Å². The fourth-order valence-corrected chi connectivity index (χ4v) is 2.60. The van der Waals surface area contributed by atoms with Gasteiger partial charge in [0, 0.05) is 10.6 Å². The van der Waals surface area contributed by atoms with Crippen LogP contribution in [0, 0.1) is 19.7 Å². The first-order chi connectivity index (χ1) is 9.62. The Hall–Kier alpha value is -1.26. The SMILES string of the molecule is Cc1ccc(Cl)c(-c2cc(Cl)cc(C(F)(F)F)c2C)c1F. The Balaban J connectivity index is 2.83. The van der Waals surface area contributed by atoms with E-state index in [1.54, 1.807) is 0 Å². The Bertz CT molecular complexity index is 706. The molecule has 21 heavy (non-hydrogen) atoms. The number of alkyl halides is 3. The maximum absolute atomic E-state index is 14.3. The van der Waals surface area contributed by atoms with Crippen molar-refractivity contribution in [2.75, 3.05) is 0 Å². The molecule has 0 amide bonds. The van der Waals surface area contributed by atoms with Gasteiger partial charge in [0.25, 0.3) is 0 Å². The summed E-state index contributed by atoms with van der Waals surface area (Å²) in [6, 6.07) is 5.02. The van der Waals surface area contributed by atoms with Crippen LogP contribution in [0.2, 0.25) is 10.0 Å². The van der Waals surface area contributed by atoms with Crippen LogP contribution in [0.1, 0.15) is 16.7 Å². The second-order valence-electron chi connectivity index (χ2n) is 4.68. The molecule has 0 spiro atoms. The number of aryl methyl sites for hydroxylation is 1. The van der Waals surface area contributed by atoms with E-state index >= 15 is 0 Å². The summed E-state index contributed by atoms with van der Waals surface area (Å²) >= 11 is 11.7. The third-order valence-electron chi connectivity index (χ3n) is 3.23. The van der Waals surface area contributed by atoms with E-state index < -0.39 is 17.6 Å². The molecule has 0 aromatic heterocycles. The number of benzene rings is 2. The third-order valence-corrected chi connectivity index (χ3v) is 3.76. The van der Waals surface area contributed by atoms with Crippen LogP contribution < -0.4 is 0 Å². The Morgan fingerprint density at radius 3 is 2.19 bits per heavy atom. The summed E-state index contributed by atoms with van der Waals surface area (Å²) in [6.07, 6.45) is -4.57. The summed E-state index contributed by atoms with van der Waals surface area (Å²) in [4.78, 5) is 0. The Morgan fingerprint density at radius 1 is 1.00 bits per heavy atom. The van der Waals surface area contributed by atoms with Gasteiger partial charge in [-0.1, -0.05) is 29.3 Å². The van der Waals surface area contributed by atoms with Gasteiger partial charge in [0.1, 0.15) is 5.82 Å². The molecule has 0 N–H and O–H groups in total. The average molecular weight is 337 g/mol. The largest absolute Gasteiger partial charge is 0.416 e. The number of rotatable bonds is 1. The van der Waals surface area contributed by atoms with Gasteiger partial charge >= 0.3 is 6.18 Å². The minimum absolute atomic E-state index is 0.0385. The highest BCUT2D eigenvalue weighted by Crippen LogP contribution is 2.41. The molecule has 0 bridgehead atoms. The molecule has 2 aromatic carbocycles. The third kappa shape index (κ3) is 3.01. The molecule has 0 heterocycles. The lowest BCUT2D eigenvalue weighted by Crippen LogP contribution is -2.09. The quantitative estimate of drug-likeness (QED) is 0.526. The zero-order valence-electron chi connectivity index (χ0n) is 11.1. The van der Waals surface area contributed by atoms with E-state index in [-0.39, 0.29) is 26.7 Å². The lowest BCUT2D eigenvalue weighted by atomic mass is 9.94. The van der Waals surface area contributed by atoms with Crippen molar-refractivity contribution in [3.05, 3.63) is 56.8 Å². The standard InChI is InChI=1S/C15H10Cl2F4/c1-7-3-4-12(17)13(14(7)18)10-5-9(16)6-11(8(10)2)15(19,20)21/h3-6H,1-2H3. The molecule has 0 saturated heterocycles. The molecular formula is C15H10Cl2F4. The van der Waals surface area contributed by atoms with Gasteiger partial charge in [0.15, 0.2) is 0 Å². The second-order valence-corrected chi connectivity index (χ2v) is 5.52. The lowest BCUT2D eigenvalue weighted by molar-refractivity contribution is -0.138. The fourth-order valence-electron chi connectivity index (χ4n) is 2.14. The van der Waals surface area contributed by atoms with Crippen LogP contribution in [-0.4, -0.2) is 0 Å². The second kappa shape index (κ2) is 5.50. The van der Waals surface area contributed by atoms with Crippen LogP contribution in [0.5, 0.6) is 0 Å². The molecule has 0 fully saturated rings. The van der Waals surface area contributed by atoms with E-state index in [2.05, 4.69) is 0 Å². The fraction of sp³-hybridized carbons (Fsp3) is 0.200. The van der Waals surface area contributed by atoms with Crippen LogP contribution in [-0.2, 0) is 6.18 Å². The van der Waals surface area contributed by atoms with Crippen LogP contribution in [0.25, 0.3) is 11.1 Å². The molecule has 112 valence electrons. The van der Waals surface area contributed by atoms with Crippen LogP contribution in [0.3, 0.4) is 0 Å². The summed E-state index contributed by atoms with van der Waals surface area (Å²) in [5.41, 5.74) is -0.745. The van der Waals surface area contributed by atoms with Crippen molar-refractivity contribution < 1.29 is 17.6 Å². The van der Waals surface area contributed by atoms with Crippen molar-refractivity contribution in [2.45, 2.75) is 20.0 Å². The van der Waals surface area contributed by atoms with Gasteiger partial charge in [-0.15, -0.1) is 0 Å². The van der Waals surface area contributed by atoms with Crippen LogP contribution in [0.4, 0.5) is 17.6 Å². The monoisotopic (exact) mass is 336 g/mol. The Morgan fingerprint density at radius 2 is 1.62 bits per heavy atom. The Labute approximate surface area is 129 Å². The van der Waals surface area contributed by atoms with E-state index in [0.717, 1.165) is 6.07 Å². The first kappa shape index (κ1) is 16.1. The van der Waals surface area contributed by atoms with Crippen LogP contribution in [0.15, 0.2) is 24.3 Å². The number of hydrogen-bond donors (Lipinski definition) is 0. The zero-order chi connectivity index (χ0) is 15.9. The van der Waals surface area contributed by atoms with Crippen molar-refractivity contribution >= 4 is 23.2 Å². The number of hydrogen-bond acceptors (Lipinski definition) is 0. The van der Waals surface area contributed by atoms with E-state index in [1.165, 1.54) is 32.0 Å². The van der Waals surface area contributed by atoms with E-state index in [1.807, 2.05) is 0 Å². The maximum Gasteiger partial charge on any atom is 0.416 e. The summed E-state index contributed by atoms with van der Waals surface area (Å²) in [5, 5.41) is -0.0866. The zero-order valence-corrected chi connectivity index (χ0v) is 12.6.